The van der Waals surface area contributed by atoms with Gasteiger partial charge in [-0.2, -0.15) is 0 Å². The molecule has 0 bridgehead atoms. The highest BCUT2D eigenvalue weighted by atomic mass is 16.5. The fraction of sp³-hybridized carbons (Fsp3) is 0.235. The van der Waals surface area contributed by atoms with Gasteiger partial charge in [-0.15, -0.1) is 0 Å². The van der Waals surface area contributed by atoms with E-state index < -0.39 is 5.92 Å². The van der Waals surface area contributed by atoms with Crippen molar-refractivity contribution in [2.24, 2.45) is 5.92 Å². The van der Waals surface area contributed by atoms with Crippen LogP contribution in [0.3, 0.4) is 0 Å². The van der Waals surface area contributed by atoms with Gasteiger partial charge < -0.3 is 25.2 Å². The average molecular weight is 316 g/mol. The molecule has 0 saturated heterocycles. The molecule has 1 atom stereocenters. The quantitative estimate of drug-likeness (QED) is 0.677. The lowest BCUT2D eigenvalue weighted by Gasteiger charge is -2.26. The van der Waals surface area contributed by atoms with E-state index in [1.165, 1.54) is 31.2 Å². The lowest BCUT2D eigenvalue weighted by atomic mass is 9.88. The van der Waals surface area contributed by atoms with E-state index in [0.717, 1.165) is 0 Å². The van der Waals surface area contributed by atoms with Crippen LogP contribution in [-0.2, 0) is 6.42 Å². The fourth-order valence-electron chi connectivity index (χ4n) is 2.69. The van der Waals surface area contributed by atoms with Gasteiger partial charge in [-0.25, -0.2) is 0 Å². The summed E-state index contributed by atoms with van der Waals surface area (Å²) in [6.07, 6.45) is 0.212. The number of rotatable bonds is 2. The topological polar surface area (TPSA) is 107 Å². The fourth-order valence-corrected chi connectivity index (χ4v) is 2.69. The molecule has 2 aromatic rings. The Morgan fingerprint density at radius 3 is 2.57 bits per heavy atom. The molecule has 0 unspecified atom stereocenters. The van der Waals surface area contributed by atoms with Gasteiger partial charge in [0.2, 0.25) is 0 Å². The molecule has 0 aromatic heterocycles. The van der Waals surface area contributed by atoms with Gasteiger partial charge >= 0.3 is 0 Å². The summed E-state index contributed by atoms with van der Waals surface area (Å²) in [6.45, 7) is 1.59. The lowest BCUT2D eigenvalue weighted by molar-refractivity contribution is 0.0825. The zero-order valence-electron chi connectivity index (χ0n) is 12.4. The van der Waals surface area contributed by atoms with E-state index in [9.17, 15) is 25.2 Å². The molecule has 4 N–H and O–H groups in total. The number of phenols is 4. The Morgan fingerprint density at radius 2 is 1.87 bits per heavy atom. The van der Waals surface area contributed by atoms with Crippen molar-refractivity contribution in [1.82, 2.24) is 0 Å². The Kier molecular flexibility index (Phi) is 3.52. The van der Waals surface area contributed by atoms with E-state index in [1.54, 1.807) is 0 Å². The maximum atomic E-state index is 12.6. The average Bonchev–Trinajstić information content (AvgIpc) is 2.50. The Bertz CT molecular complexity index is 796. The lowest BCUT2D eigenvalue weighted by Crippen LogP contribution is -2.29. The zero-order chi connectivity index (χ0) is 16.7. The largest absolute Gasteiger partial charge is 0.508 e. The molecule has 0 spiro atoms. The maximum Gasteiger partial charge on any atom is 0.177 e. The van der Waals surface area contributed by atoms with Gasteiger partial charge in [-0.05, 0) is 25.0 Å². The standard InChI is InChI=1S/C17H16O6/c1-8-12(19)6-14-15(16(8)21)17(22)10(7-23-14)4-9-2-3-11(18)5-13(9)20/h2-3,5-6,10,18-21H,4,7H2,1H3/t10-/m0/s1. The van der Waals surface area contributed by atoms with Gasteiger partial charge in [0.25, 0.3) is 0 Å². The molecule has 0 amide bonds. The van der Waals surface area contributed by atoms with Gasteiger partial charge in [0.15, 0.2) is 5.78 Å². The second-order valence-corrected chi connectivity index (χ2v) is 5.63. The highest BCUT2D eigenvalue weighted by Crippen LogP contribution is 2.41. The first kappa shape index (κ1) is 15.0. The Labute approximate surface area is 132 Å². The zero-order valence-corrected chi connectivity index (χ0v) is 12.4. The summed E-state index contributed by atoms with van der Waals surface area (Å²) in [5, 5.41) is 39.0. The van der Waals surface area contributed by atoms with Crippen LogP contribution in [0.5, 0.6) is 28.7 Å². The molecule has 1 aliphatic heterocycles. The normalized spacial score (nSPS) is 16.7. The Morgan fingerprint density at radius 1 is 1.13 bits per heavy atom. The molecule has 6 heteroatoms. The monoisotopic (exact) mass is 316 g/mol. The minimum Gasteiger partial charge on any atom is -0.508 e. The number of phenolic OH excluding ortho intramolecular Hbond substituents is 4. The molecular formula is C17H16O6. The first-order valence-corrected chi connectivity index (χ1v) is 7.12. The summed E-state index contributed by atoms with van der Waals surface area (Å²) in [5.41, 5.74) is 0.770. The van der Waals surface area contributed by atoms with Crippen molar-refractivity contribution >= 4 is 5.78 Å². The third kappa shape index (κ3) is 2.52. The number of fused-ring (bicyclic) bond motifs is 1. The molecule has 1 aliphatic rings. The van der Waals surface area contributed by atoms with Gasteiger partial charge in [0.1, 0.15) is 34.3 Å². The number of carbonyl (C=O) groups is 1. The smallest absolute Gasteiger partial charge is 0.177 e. The summed E-state index contributed by atoms with van der Waals surface area (Å²) >= 11 is 0. The van der Waals surface area contributed by atoms with Crippen LogP contribution < -0.4 is 4.74 Å². The number of benzene rings is 2. The number of aromatic hydroxyl groups is 4. The summed E-state index contributed by atoms with van der Waals surface area (Å²) in [7, 11) is 0. The second kappa shape index (κ2) is 5.39. The Hall–Kier alpha value is -2.89. The molecule has 6 nitrogen and oxygen atoms in total. The summed E-state index contributed by atoms with van der Waals surface area (Å²) in [4.78, 5) is 12.6. The third-order valence-corrected chi connectivity index (χ3v) is 4.08. The van der Waals surface area contributed by atoms with Gasteiger partial charge in [0, 0.05) is 17.7 Å². The molecular weight excluding hydrogens is 300 g/mol. The van der Waals surface area contributed by atoms with Crippen LogP contribution in [0, 0.1) is 12.8 Å². The predicted octanol–water partition coefficient (Wildman–Crippen LogP) is 2.25. The van der Waals surface area contributed by atoms with Crippen LogP contribution in [-0.4, -0.2) is 32.8 Å². The number of hydrogen-bond acceptors (Lipinski definition) is 6. The highest BCUT2D eigenvalue weighted by Gasteiger charge is 2.33. The van der Waals surface area contributed by atoms with Crippen molar-refractivity contribution in [3.05, 3.63) is 41.0 Å². The van der Waals surface area contributed by atoms with Gasteiger partial charge in [-0.1, -0.05) is 6.07 Å². The maximum absolute atomic E-state index is 12.6. The SMILES string of the molecule is Cc1c(O)cc2c(c1O)C(=O)[C@@H](Cc1ccc(O)cc1O)CO2. The summed E-state index contributed by atoms with van der Waals surface area (Å²) < 4.78 is 5.49. The van der Waals surface area contributed by atoms with Crippen LogP contribution in [0.1, 0.15) is 21.5 Å². The van der Waals surface area contributed by atoms with E-state index in [4.69, 9.17) is 4.74 Å². The highest BCUT2D eigenvalue weighted by molar-refractivity contribution is 6.04. The molecule has 1 heterocycles. The van der Waals surface area contributed by atoms with Crippen LogP contribution in [0.25, 0.3) is 0 Å². The van der Waals surface area contributed by atoms with Crippen LogP contribution in [0.15, 0.2) is 24.3 Å². The van der Waals surface area contributed by atoms with Crippen LogP contribution in [0.4, 0.5) is 0 Å². The molecule has 23 heavy (non-hydrogen) atoms. The number of carbonyl (C=O) groups excluding carboxylic acids is 1. The van der Waals surface area contributed by atoms with E-state index in [2.05, 4.69) is 0 Å². The third-order valence-electron chi connectivity index (χ3n) is 4.08. The molecule has 0 saturated carbocycles. The number of hydrogen-bond donors (Lipinski definition) is 4. The van der Waals surface area contributed by atoms with Crippen LogP contribution >= 0.6 is 0 Å². The molecule has 120 valence electrons. The van der Waals surface area contributed by atoms with E-state index >= 15 is 0 Å². The van der Waals surface area contributed by atoms with E-state index in [-0.39, 0.29) is 58.7 Å². The molecule has 0 aliphatic carbocycles. The summed E-state index contributed by atoms with van der Waals surface area (Å²) in [5.74, 6) is -1.32. The second-order valence-electron chi connectivity index (χ2n) is 5.63. The number of ketones is 1. The minimum atomic E-state index is -0.576. The van der Waals surface area contributed by atoms with E-state index in [1.807, 2.05) is 0 Å². The van der Waals surface area contributed by atoms with Gasteiger partial charge in [-0.3, -0.25) is 4.79 Å². The Balaban J connectivity index is 1.93. The van der Waals surface area contributed by atoms with Crippen molar-refractivity contribution in [3.8, 4) is 28.7 Å². The molecule has 2 aromatic carbocycles. The van der Waals surface area contributed by atoms with Crippen LogP contribution in [0.2, 0.25) is 0 Å². The van der Waals surface area contributed by atoms with Crippen molar-refractivity contribution in [1.29, 1.82) is 0 Å². The van der Waals surface area contributed by atoms with Crippen molar-refractivity contribution in [3.63, 3.8) is 0 Å². The predicted molar refractivity (Wildman–Crippen MR) is 81.3 cm³/mol. The van der Waals surface area contributed by atoms with E-state index in [0.29, 0.717) is 5.56 Å². The van der Waals surface area contributed by atoms with Crippen molar-refractivity contribution in [2.75, 3.05) is 6.61 Å². The molecule has 3 rings (SSSR count). The minimum absolute atomic E-state index is 0.0508. The van der Waals surface area contributed by atoms with Crippen molar-refractivity contribution < 1.29 is 30.0 Å². The summed E-state index contributed by atoms with van der Waals surface area (Å²) in [6, 6.07) is 5.49. The van der Waals surface area contributed by atoms with Gasteiger partial charge in [0.05, 0.1) is 12.5 Å². The first-order valence-electron chi connectivity index (χ1n) is 7.12. The molecule has 0 radical (unpaired) electrons. The van der Waals surface area contributed by atoms with Crippen molar-refractivity contribution in [2.45, 2.75) is 13.3 Å². The molecule has 0 fully saturated rings. The first-order chi connectivity index (χ1) is 10.9. The number of Topliss-reactive ketones (excluding diaryl/α,β-unsaturated/α-hetero) is 1. The number of ether oxygens (including phenoxy) is 1.